The van der Waals surface area contributed by atoms with Crippen LogP contribution in [0.2, 0.25) is 0 Å². The zero-order valence-electron chi connectivity index (χ0n) is 14.0. The summed E-state index contributed by atoms with van der Waals surface area (Å²) >= 11 is 0. The second-order valence-corrected chi connectivity index (χ2v) is 6.03. The summed E-state index contributed by atoms with van der Waals surface area (Å²) < 4.78 is 10.8. The minimum Gasteiger partial charge on any atom is -0.492 e. The summed E-state index contributed by atoms with van der Waals surface area (Å²) in [7, 11) is 0. The fraction of sp³-hybridized carbons (Fsp3) is 0.529. The molecule has 1 aliphatic rings. The summed E-state index contributed by atoms with van der Waals surface area (Å²) in [5, 5.41) is 5.43. The highest BCUT2D eigenvalue weighted by Gasteiger charge is 2.38. The first-order valence-corrected chi connectivity index (χ1v) is 8.11. The van der Waals surface area contributed by atoms with E-state index in [1.165, 1.54) is 0 Å². The Labute approximate surface area is 141 Å². The molecular weight excluding hydrogens is 310 g/mol. The van der Waals surface area contributed by atoms with Gasteiger partial charge in [0.15, 0.2) is 0 Å². The number of carbonyl (C=O) groups excluding carboxylic acids is 2. The number of hydrogen-bond donors (Lipinski definition) is 3. The lowest BCUT2D eigenvalue weighted by Crippen LogP contribution is -2.51. The molecule has 0 aliphatic carbocycles. The number of amides is 3. The van der Waals surface area contributed by atoms with Crippen molar-refractivity contribution >= 4 is 11.9 Å². The molecule has 24 heavy (non-hydrogen) atoms. The summed E-state index contributed by atoms with van der Waals surface area (Å²) in [5.41, 5.74) is 5.90. The monoisotopic (exact) mass is 335 g/mol. The molecule has 0 aromatic heterocycles. The van der Waals surface area contributed by atoms with Crippen LogP contribution in [-0.4, -0.2) is 44.8 Å². The smallest absolute Gasteiger partial charge is 0.314 e. The molecule has 1 saturated heterocycles. The molecule has 1 aliphatic heterocycles. The van der Waals surface area contributed by atoms with Crippen LogP contribution >= 0.6 is 0 Å². The maximum absolute atomic E-state index is 11.9. The van der Waals surface area contributed by atoms with Crippen LogP contribution in [0, 0.1) is 12.3 Å². The molecule has 1 fully saturated rings. The summed E-state index contributed by atoms with van der Waals surface area (Å²) in [6.07, 6.45) is 1.05. The van der Waals surface area contributed by atoms with Gasteiger partial charge in [0.05, 0.1) is 12.0 Å². The SMILES string of the molecule is Cc1cccc(OCCNC(=O)NCC2(C(N)=O)CCOCC2)c1. The number of urea groups is 1. The van der Waals surface area contributed by atoms with Gasteiger partial charge in [0.1, 0.15) is 12.4 Å². The van der Waals surface area contributed by atoms with Crippen LogP contribution in [0.25, 0.3) is 0 Å². The second-order valence-electron chi connectivity index (χ2n) is 6.03. The minimum absolute atomic E-state index is 0.219. The van der Waals surface area contributed by atoms with E-state index < -0.39 is 11.3 Å². The van der Waals surface area contributed by atoms with Crippen LogP contribution in [0.5, 0.6) is 5.75 Å². The third kappa shape index (κ3) is 5.13. The van der Waals surface area contributed by atoms with Crippen molar-refractivity contribution in [1.29, 1.82) is 0 Å². The topological polar surface area (TPSA) is 103 Å². The van der Waals surface area contributed by atoms with E-state index in [4.69, 9.17) is 15.2 Å². The number of ether oxygens (including phenoxy) is 2. The first-order valence-electron chi connectivity index (χ1n) is 8.11. The van der Waals surface area contributed by atoms with Gasteiger partial charge < -0.3 is 25.8 Å². The van der Waals surface area contributed by atoms with Gasteiger partial charge in [-0.05, 0) is 37.5 Å². The third-order valence-electron chi connectivity index (χ3n) is 4.21. The Hall–Kier alpha value is -2.28. The molecule has 0 radical (unpaired) electrons. The van der Waals surface area contributed by atoms with Crippen LogP contribution in [0.15, 0.2) is 24.3 Å². The van der Waals surface area contributed by atoms with Crippen molar-refractivity contribution in [1.82, 2.24) is 10.6 Å². The summed E-state index contributed by atoms with van der Waals surface area (Å²) in [6, 6.07) is 7.37. The van der Waals surface area contributed by atoms with Gasteiger partial charge in [0.2, 0.25) is 5.91 Å². The normalized spacial score (nSPS) is 16.2. The van der Waals surface area contributed by atoms with E-state index in [0.29, 0.717) is 39.2 Å². The van der Waals surface area contributed by atoms with Crippen LogP contribution in [-0.2, 0) is 9.53 Å². The molecule has 4 N–H and O–H groups in total. The molecule has 0 spiro atoms. The number of rotatable bonds is 7. The highest BCUT2D eigenvalue weighted by molar-refractivity contribution is 5.82. The number of primary amides is 1. The van der Waals surface area contributed by atoms with Crippen LogP contribution in [0.4, 0.5) is 4.79 Å². The Balaban J connectivity index is 1.68. The lowest BCUT2D eigenvalue weighted by molar-refractivity contribution is -0.132. The van der Waals surface area contributed by atoms with Gasteiger partial charge in [0, 0.05) is 19.8 Å². The molecule has 2 rings (SSSR count). The van der Waals surface area contributed by atoms with E-state index in [1.54, 1.807) is 0 Å². The van der Waals surface area contributed by atoms with Gasteiger partial charge in [-0.3, -0.25) is 4.79 Å². The average Bonchev–Trinajstić information content (AvgIpc) is 2.58. The minimum atomic E-state index is -0.715. The van der Waals surface area contributed by atoms with Crippen molar-refractivity contribution in [2.45, 2.75) is 19.8 Å². The van der Waals surface area contributed by atoms with Gasteiger partial charge in [0.25, 0.3) is 0 Å². The predicted octanol–water partition coefficient (Wildman–Crippen LogP) is 0.955. The largest absolute Gasteiger partial charge is 0.492 e. The highest BCUT2D eigenvalue weighted by Crippen LogP contribution is 2.29. The first-order chi connectivity index (χ1) is 11.5. The summed E-state index contributed by atoms with van der Waals surface area (Å²) in [6.45, 7) is 3.91. The van der Waals surface area contributed by atoms with Gasteiger partial charge in [-0.1, -0.05) is 12.1 Å². The first kappa shape index (κ1) is 18.1. The molecule has 3 amide bonds. The Morgan fingerprint density at radius 3 is 2.71 bits per heavy atom. The second kappa shape index (κ2) is 8.54. The molecular formula is C17H25N3O4. The molecule has 0 atom stereocenters. The van der Waals surface area contributed by atoms with Gasteiger partial charge in [-0.15, -0.1) is 0 Å². The number of nitrogens with two attached hydrogens (primary N) is 1. The van der Waals surface area contributed by atoms with E-state index in [0.717, 1.165) is 11.3 Å². The maximum Gasteiger partial charge on any atom is 0.314 e. The lowest BCUT2D eigenvalue weighted by atomic mass is 9.79. The zero-order chi connectivity index (χ0) is 17.4. The molecule has 132 valence electrons. The van der Waals surface area contributed by atoms with E-state index in [1.807, 2.05) is 31.2 Å². The number of carbonyl (C=O) groups is 2. The van der Waals surface area contributed by atoms with Crippen molar-refractivity contribution in [2.75, 3.05) is 32.9 Å². The van der Waals surface area contributed by atoms with Gasteiger partial charge >= 0.3 is 6.03 Å². The molecule has 0 saturated carbocycles. The quantitative estimate of drug-likeness (QED) is 0.646. The van der Waals surface area contributed by atoms with Crippen molar-refractivity contribution < 1.29 is 19.1 Å². The zero-order valence-corrected chi connectivity index (χ0v) is 14.0. The fourth-order valence-corrected chi connectivity index (χ4v) is 2.62. The third-order valence-corrected chi connectivity index (χ3v) is 4.21. The molecule has 1 heterocycles. The molecule has 1 aromatic rings. The van der Waals surface area contributed by atoms with E-state index >= 15 is 0 Å². The Morgan fingerprint density at radius 2 is 2.04 bits per heavy atom. The summed E-state index contributed by atoms with van der Waals surface area (Å²) in [5.74, 6) is 0.376. The number of nitrogens with one attached hydrogen (secondary N) is 2. The molecule has 0 unspecified atom stereocenters. The van der Waals surface area contributed by atoms with Crippen LogP contribution in [0.1, 0.15) is 18.4 Å². The van der Waals surface area contributed by atoms with E-state index in [2.05, 4.69) is 10.6 Å². The van der Waals surface area contributed by atoms with Gasteiger partial charge in [-0.25, -0.2) is 4.79 Å². The Kier molecular flexibility index (Phi) is 6.43. The van der Waals surface area contributed by atoms with Crippen molar-refractivity contribution in [3.05, 3.63) is 29.8 Å². The van der Waals surface area contributed by atoms with Crippen molar-refractivity contribution in [2.24, 2.45) is 11.1 Å². The maximum atomic E-state index is 11.9. The number of benzene rings is 1. The van der Waals surface area contributed by atoms with Crippen LogP contribution in [0.3, 0.4) is 0 Å². The summed E-state index contributed by atoms with van der Waals surface area (Å²) in [4.78, 5) is 23.6. The molecule has 1 aromatic carbocycles. The van der Waals surface area contributed by atoms with Crippen LogP contribution < -0.4 is 21.1 Å². The standard InChI is InChI=1S/C17H25N3O4/c1-13-3-2-4-14(11-13)24-10-7-19-16(22)20-12-17(15(18)21)5-8-23-9-6-17/h2-4,11H,5-10,12H2,1H3,(H2,18,21)(H2,19,20,22). The van der Waals surface area contributed by atoms with Gasteiger partial charge in [-0.2, -0.15) is 0 Å². The van der Waals surface area contributed by atoms with Crippen molar-refractivity contribution in [3.63, 3.8) is 0 Å². The predicted molar refractivity (Wildman–Crippen MR) is 89.8 cm³/mol. The number of aryl methyl sites for hydroxylation is 1. The Morgan fingerprint density at radius 1 is 1.29 bits per heavy atom. The highest BCUT2D eigenvalue weighted by atomic mass is 16.5. The molecule has 0 bridgehead atoms. The number of hydrogen-bond acceptors (Lipinski definition) is 4. The van der Waals surface area contributed by atoms with E-state index in [-0.39, 0.29) is 12.6 Å². The fourth-order valence-electron chi connectivity index (χ4n) is 2.62. The molecule has 7 nitrogen and oxygen atoms in total. The molecule has 7 heteroatoms. The average molecular weight is 335 g/mol. The lowest BCUT2D eigenvalue weighted by Gasteiger charge is -2.34. The van der Waals surface area contributed by atoms with E-state index in [9.17, 15) is 9.59 Å². The van der Waals surface area contributed by atoms with Crippen molar-refractivity contribution in [3.8, 4) is 5.75 Å². The Bertz CT molecular complexity index is 571.